The summed E-state index contributed by atoms with van der Waals surface area (Å²) in [5.41, 5.74) is -2.88. The number of nitrogens with zero attached hydrogens (tertiary/aromatic N) is 2. The fourth-order valence-corrected chi connectivity index (χ4v) is 1.30. The van der Waals surface area contributed by atoms with Crippen molar-refractivity contribution < 1.29 is 17.6 Å². The summed E-state index contributed by atoms with van der Waals surface area (Å²) in [6.45, 7) is 6.46. The summed E-state index contributed by atoms with van der Waals surface area (Å²) in [7, 11) is 0. The van der Waals surface area contributed by atoms with Gasteiger partial charge in [-0.2, -0.15) is 13.2 Å². The summed E-state index contributed by atoms with van der Waals surface area (Å²) < 4.78 is 50.0. The first-order valence-corrected chi connectivity index (χ1v) is 4.03. The van der Waals surface area contributed by atoms with Crippen LogP contribution in [0.15, 0.2) is 0 Å². The van der Waals surface area contributed by atoms with Crippen molar-refractivity contribution in [3.05, 3.63) is 33.1 Å². The Kier molecular flexibility index (Phi) is 3.07. The summed E-state index contributed by atoms with van der Waals surface area (Å²) in [4.78, 5) is 5.54. The summed E-state index contributed by atoms with van der Waals surface area (Å²) in [6.07, 6.45) is -5.04. The zero-order valence-electron chi connectivity index (χ0n) is 6.66. The van der Waals surface area contributed by atoms with Crippen LogP contribution in [0.4, 0.5) is 23.2 Å². The predicted octanol–water partition coefficient (Wildman–Crippen LogP) is 4.10. The molecule has 0 aliphatic carbocycles. The van der Waals surface area contributed by atoms with Crippen LogP contribution in [0.25, 0.3) is 4.85 Å². The van der Waals surface area contributed by atoms with Gasteiger partial charge in [0, 0.05) is 0 Å². The SMILES string of the molecule is [C-]#[N+]c1c(Cl)nc(Cl)c(F)c1C(F)(F)F. The van der Waals surface area contributed by atoms with Crippen LogP contribution in [0.5, 0.6) is 0 Å². The van der Waals surface area contributed by atoms with Crippen LogP contribution in [-0.4, -0.2) is 4.98 Å². The molecule has 1 rings (SSSR count). The highest BCUT2D eigenvalue weighted by Gasteiger charge is 2.39. The van der Waals surface area contributed by atoms with Crippen LogP contribution in [-0.2, 0) is 6.18 Å². The lowest BCUT2D eigenvalue weighted by Gasteiger charge is -2.11. The van der Waals surface area contributed by atoms with Gasteiger partial charge >= 0.3 is 6.18 Å². The number of aromatic nitrogens is 1. The van der Waals surface area contributed by atoms with Gasteiger partial charge < -0.3 is 0 Å². The van der Waals surface area contributed by atoms with E-state index < -0.39 is 33.6 Å². The molecule has 0 atom stereocenters. The number of pyridine rings is 1. The number of alkyl halides is 3. The number of hydrogen-bond donors (Lipinski definition) is 0. The van der Waals surface area contributed by atoms with E-state index in [4.69, 9.17) is 29.8 Å². The highest BCUT2D eigenvalue weighted by molar-refractivity contribution is 6.34. The second-order valence-corrected chi connectivity index (χ2v) is 3.06. The molecule has 15 heavy (non-hydrogen) atoms. The Bertz CT molecular complexity index is 450. The summed E-state index contributed by atoms with van der Waals surface area (Å²) >= 11 is 10.3. The molecule has 0 aliphatic heterocycles. The molecule has 0 amide bonds. The standard InChI is InChI=1S/C7Cl2F4N2/c1-14-4-2(7(11,12)13)3(10)5(8)15-6(4)9. The lowest BCUT2D eigenvalue weighted by atomic mass is 10.2. The van der Waals surface area contributed by atoms with Gasteiger partial charge in [-0.3, -0.25) is 0 Å². The van der Waals surface area contributed by atoms with E-state index in [1.54, 1.807) is 0 Å². The molecule has 80 valence electrons. The Labute approximate surface area is 91.3 Å². The van der Waals surface area contributed by atoms with Crippen LogP contribution in [0, 0.1) is 12.4 Å². The molecule has 1 aromatic rings. The van der Waals surface area contributed by atoms with Crippen molar-refractivity contribution in [2.45, 2.75) is 6.18 Å². The molecule has 0 N–H and O–H groups in total. The Morgan fingerprint density at radius 2 is 1.73 bits per heavy atom. The van der Waals surface area contributed by atoms with Gasteiger partial charge in [0.15, 0.2) is 11.0 Å². The quantitative estimate of drug-likeness (QED) is 0.389. The molecule has 1 heterocycles. The van der Waals surface area contributed by atoms with Crippen molar-refractivity contribution >= 4 is 28.9 Å². The lowest BCUT2D eigenvalue weighted by Crippen LogP contribution is -2.10. The van der Waals surface area contributed by atoms with Crippen molar-refractivity contribution in [1.82, 2.24) is 4.98 Å². The normalized spacial score (nSPS) is 11.3. The largest absolute Gasteiger partial charge is 0.410 e. The molecule has 0 unspecified atom stereocenters. The third-order valence-corrected chi connectivity index (χ3v) is 1.94. The topological polar surface area (TPSA) is 17.2 Å². The number of rotatable bonds is 0. The van der Waals surface area contributed by atoms with E-state index in [-0.39, 0.29) is 0 Å². The van der Waals surface area contributed by atoms with Gasteiger partial charge in [-0.05, 0) is 0 Å². The fourth-order valence-electron chi connectivity index (χ4n) is 0.859. The molecule has 2 nitrogen and oxygen atoms in total. The molecule has 0 aromatic carbocycles. The molecular weight excluding hydrogens is 259 g/mol. The first kappa shape index (κ1) is 12.0. The molecule has 0 radical (unpaired) electrons. The first-order chi connectivity index (χ1) is 6.79. The van der Waals surface area contributed by atoms with Gasteiger partial charge in [-0.25, -0.2) is 14.2 Å². The van der Waals surface area contributed by atoms with E-state index in [1.165, 1.54) is 0 Å². The van der Waals surface area contributed by atoms with Crippen molar-refractivity contribution in [2.24, 2.45) is 0 Å². The summed E-state index contributed by atoms with van der Waals surface area (Å²) in [6, 6.07) is 0. The minimum Gasteiger partial charge on any atom is -0.234 e. The third-order valence-electron chi connectivity index (χ3n) is 1.42. The van der Waals surface area contributed by atoms with Crippen molar-refractivity contribution in [1.29, 1.82) is 0 Å². The van der Waals surface area contributed by atoms with Gasteiger partial charge in [0.25, 0.3) is 0 Å². The minimum atomic E-state index is -5.04. The molecular formula is C7Cl2F4N2. The second-order valence-electron chi connectivity index (χ2n) is 2.34. The maximum Gasteiger partial charge on any atom is 0.410 e. The van der Waals surface area contributed by atoms with Gasteiger partial charge in [-0.1, -0.05) is 23.2 Å². The molecule has 0 bridgehead atoms. The maximum absolute atomic E-state index is 13.0. The molecule has 0 fully saturated rings. The monoisotopic (exact) mass is 258 g/mol. The van der Waals surface area contributed by atoms with Crippen LogP contribution >= 0.6 is 23.2 Å². The van der Waals surface area contributed by atoms with E-state index in [2.05, 4.69) is 9.83 Å². The molecule has 0 saturated carbocycles. The fraction of sp³-hybridized carbons (Fsp3) is 0.143. The van der Waals surface area contributed by atoms with E-state index in [0.717, 1.165) is 0 Å². The van der Waals surface area contributed by atoms with Gasteiger partial charge in [0.1, 0.15) is 10.7 Å². The molecule has 8 heteroatoms. The van der Waals surface area contributed by atoms with Crippen molar-refractivity contribution in [2.75, 3.05) is 0 Å². The highest BCUT2D eigenvalue weighted by Crippen LogP contribution is 2.42. The molecule has 1 aromatic heterocycles. The predicted molar refractivity (Wildman–Crippen MR) is 45.5 cm³/mol. The minimum absolute atomic E-state index is 0.774. The Hall–Kier alpha value is -1.06. The third kappa shape index (κ3) is 2.13. The maximum atomic E-state index is 13.0. The van der Waals surface area contributed by atoms with Crippen molar-refractivity contribution in [3.8, 4) is 0 Å². The number of hydrogen-bond acceptors (Lipinski definition) is 1. The smallest absolute Gasteiger partial charge is 0.234 e. The summed E-state index contributed by atoms with van der Waals surface area (Å²) in [5, 5.41) is -1.79. The van der Waals surface area contributed by atoms with Crippen LogP contribution < -0.4 is 0 Å². The van der Waals surface area contributed by atoms with E-state index in [0.29, 0.717) is 0 Å². The van der Waals surface area contributed by atoms with E-state index in [9.17, 15) is 17.6 Å². The lowest BCUT2D eigenvalue weighted by molar-refractivity contribution is -0.139. The molecule has 0 aliphatic rings. The summed E-state index contributed by atoms with van der Waals surface area (Å²) in [5.74, 6) is -1.79. The zero-order chi connectivity index (χ0) is 11.8. The van der Waals surface area contributed by atoms with Crippen molar-refractivity contribution in [3.63, 3.8) is 0 Å². The van der Waals surface area contributed by atoms with Gasteiger partial charge in [-0.15, -0.1) is 0 Å². The van der Waals surface area contributed by atoms with Crippen LogP contribution in [0.2, 0.25) is 10.3 Å². The Balaban J connectivity index is 3.68. The number of halogens is 6. The van der Waals surface area contributed by atoms with Gasteiger partial charge in [0.2, 0.25) is 5.69 Å². The average molecular weight is 259 g/mol. The molecule has 0 spiro atoms. The first-order valence-electron chi connectivity index (χ1n) is 3.28. The highest BCUT2D eigenvalue weighted by atomic mass is 35.5. The Morgan fingerprint density at radius 3 is 2.13 bits per heavy atom. The molecule has 0 saturated heterocycles. The van der Waals surface area contributed by atoms with E-state index >= 15 is 0 Å². The Morgan fingerprint density at radius 1 is 1.20 bits per heavy atom. The second kappa shape index (κ2) is 3.83. The van der Waals surface area contributed by atoms with Crippen LogP contribution in [0.1, 0.15) is 5.56 Å². The zero-order valence-corrected chi connectivity index (χ0v) is 8.17. The van der Waals surface area contributed by atoms with Crippen LogP contribution in [0.3, 0.4) is 0 Å². The van der Waals surface area contributed by atoms with Gasteiger partial charge in [0.05, 0.1) is 6.57 Å². The van der Waals surface area contributed by atoms with E-state index in [1.807, 2.05) is 0 Å². The average Bonchev–Trinajstić information content (AvgIpc) is 2.08.